The lowest BCUT2D eigenvalue weighted by molar-refractivity contribution is -0.123. The second-order valence-corrected chi connectivity index (χ2v) is 9.13. The van der Waals surface area contributed by atoms with Gasteiger partial charge in [-0.3, -0.25) is 9.59 Å². The topological polar surface area (TPSA) is 85.2 Å². The number of hydrogen-bond acceptors (Lipinski definition) is 4. The van der Waals surface area contributed by atoms with E-state index >= 15 is 0 Å². The van der Waals surface area contributed by atoms with Crippen LogP contribution in [-0.4, -0.2) is 34.5 Å². The molecule has 2 N–H and O–H groups in total. The zero-order chi connectivity index (χ0) is 24.2. The summed E-state index contributed by atoms with van der Waals surface area (Å²) in [7, 11) is 3.48. The number of amides is 2. The Morgan fingerprint density at radius 1 is 1.00 bits per heavy atom. The predicted molar refractivity (Wildman–Crippen MR) is 128 cm³/mol. The summed E-state index contributed by atoms with van der Waals surface area (Å²) < 4.78 is 7.09. The van der Waals surface area contributed by atoms with Crippen LogP contribution in [-0.2, 0) is 17.3 Å². The van der Waals surface area contributed by atoms with E-state index in [9.17, 15) is 9.59 Å². The third-order valence-electron chi connectivity index (χ3n) is 5.61. The molecular formula is C26H32N4O3. The number of benzene rings is 2. The Hall–Kier alpha value is -3.61. The monoisotopic (exact) mass is 448 g/mol. The minimum Gasteiger partial charge on any atom is -0.497 e. The van der Waals surface area contributed by atoms with Crippen LogP contribution < -0.4 is 15.4 Å². The molecular weight excluding hydrogens is 416 g/mol. The third-order valence-corrected chi connectivity index (χ3v) is 5.61. The summed E-state index contributed by atoms with van der Waals surface area (Å²) in [6.45, 7) is 8.03. The molecule has 3 rings (SSSR count). The van der Waals surface area contributed by atoms with Crippen molar-refractivity contribution in [3.8, 4) is 5.75 Å². The Balaban J connectivity index is 1.73. The number of aryl methyl sites for hydroxylation is 1. The van der Waals surface area contributed by atoms with Gasteiger partial charge in [0.05, 0.1) is 7.11 Å². The summed E-state index contributed by atoms with van der Waals surface area (Å²) >= 11 is 0. The first-order valence-electron chi connectivity index (χ1n) is 10.9. The minimum atomic E-state index is -0.735. The maximum atomic E-state index is 13.0. The van der Waals surface area contributed by atoms with Crippen LogP contribution in [0.4, 0.5) is 0 Å². The highest BCUT2D eigenvalue weighted by atomic mass is 16.5. The van der Waals surface area contributed by atoms with Gasteiger partial charge >= 0.3 is 0 Å². The number of nitrogens with zero attached hydrogens (tertiary/aromatic N) is 2. The Morgan fingerprint density at radius 3 is 2.15 bits per heavy atom. The van der Waals surface area contributed by atoms with Crippen molar-refractivity contribution in [3.63, 3.8) is 0 Å². The smallest absolute Gasteiger partial charge is 0.251 e. The zero-order valence-corrected chi connectivity index (χ0v) is 20.0. The molecule has 0 aliphatic carbocycles. The predicted octanol–water partition coefficient (Wildman–Crippen LogP) is 3.75. The number of ether oxygens (including phenoxy) is 1. The van der Waals surface area contributed by atoms with Gasteiger partial charge in [-0.25, -0.2) is 4.98 Å². The van der Waals surface area contributed by atoms with E-state index in [0.29, 0.717) is 11.4 Å². The van der Waals surface area contributed by atoms with Crippen molar-refractivity contribution in [1.82, 2.24) is 20.2 Å². The molecule has 1 aromatic heterocycles. The first kappa shape index (κ1) is 24.0. The van der Waals surface area contributed by atoms with Gasteiger partial charge in [0.25, 0.3) is 5.91 Å². The SMILES string of the molecule is COc1ccc(C(NC(=O)C(C)NC(=O)c2ccc(C(C)(C)C)cc2)c2nccn2C)cc1. The van der Waals surface area contributed by atoms with Crippen LogP contribution in [0.1, 0.15) is 61.0 Å². The molecule has 0 radical (unpaired) electrons. The lowest BCUT2D eigenvalue weighted by atomic mass is 9.86. The molecule has 3 aromatic rings. The quantitative estimate of drug-likeness (QED) is 0.577. The fourth-order valence-corrected chi connectivity index (χ4v) is 3.48. The van der Waals surface area contributed by atoms with E-state index < -0.39 is 12.1 Å². The van der Waals surface area contributed by atoms with E-state index in [4.69, 9.17) is 4.74 Å². The molecule has 0 fully saturated rings. The van der Waals surface area contributed by atoms with Crippen molar-refractivity contribution in [2.24, 2.45) is 7.05 Å². The Morgan fingerprint density at radius 2 is 1.64 bits per heavy atom. The van der Waals surface area contributed by atoms with E-state index in [2.05, 4.69) is 36.4 Å². The number of hydrogen-bond donors (Lipinski definition) is 2. The van der Waals surface area contributed by atoms with E-state index in [-0.39, 0.29) is 17.2 Å². The number of imidazole rings is 1. The zero-order valence-electron chi connectivity index (χ0n) is 20.0. The molecule has 2 amide bonds. The average Bonchev–Trinajstić information content (AvgIpc) is 3.22. The van der Waals surface area contributed by atoms with Crippen LogP contribution in [0.3, 0.4) is 0 Å². The van der Waals surface area contributed by atoms with Crippen molar-refractivity contribution in [2.75, 3.05) is 7.11 Å². The second kappa shape index (κ2) is 9.90. The number of aromatic nitrogens is 2. The molecule has 7 nitrogen and oxygen atoms in total. The molecule has 0 bridgehead atoms. The molecule has 7 heteroatoms. The molecule has 2 aromatic carbocycles. The molecule has 2 unspecified atom stereocenters. The number of carbonyl (C=O) groups is 2. The first-order chi connectivity index (χ1) is 15.6. The van der Waals surface area contributed by atoms with Crippen molar-refractivity contribution in [1.29, 1.82) is 0 Å². The standard InChI is InChI=1S/C26H32N4O3/c1-17(28-25(32)19-7-11-20(12-8-19)26(2,3)4)24(31)29-22(23-27-15-16-30(23)5)18-9-13-21(33-6)14-10-18/h7-17,22H,1-6H3,(H,28,32)(H,29,31). The summed E-state index contributed by atoms with van der Waals surface area (Å²) in [6, 6.07) is 13.7. The van der Waals surface area contributed by atoms with Gasteiger partial charge in [0, 0.05) is 25.0 Å². The third kappa shape index (κ3) is 5.80. The van der Waals surface area contributed by atoms with Crippen LogP contribution in [0, 0.1) is 0 Å². The highest BCUT2D eigenvalue weighted by Crippen LogP contribution is 2.24. The van der Waals surface area contributed by atoms with Gasteiger partial charge in [-0.05, 0) is 47.7 Å². The van der Waals surface area contributed by atoms with Crippen molar-refractivity contribution in [2.45, 2.75) is 45.2 Å². The lowest BCUT2D eigenvalue weighted by Gasteiger charge is -2.22. The molecule has 0 saturated heterocycles. The Labute approximate surface area is 195 Å². The van der Waals surface area contributed by atoms with Gasteiger partial charge in [-0.15, -0.1) is 0 Å². The first-order valence-corrected chi connectivity index (χ1v) is 10.9. The van der Waals surface area contributed by atoms with Gasteiger partial charge in [0.15, 0.2) is 0 Å². The van der Waals surface area contributed by atoms with Crippen LogP contribution in [0.5, 0.6) is 5.75 Å². The van der Waals surface area contributed by atoms with Gasteiger partial charge in [-0.2, -0.15) is 0 Å². The summed E-state index contributed by atoms with van der Waals surface area (Å²) in [6.07, 6.45) is 3.51. The molecule has 2 atom stereocenters. The summed E-state index contributed by atoms with van der Waals surface area (Å²) in [5.74, 6) is 0.807. The average molecular weight is 449 g/mol. The Kier molecular flexibility index (Phi) is 7.21. The minimum absolute atomic E-state index is 0.00360. The lowest BCUT2D eigenvalue weighted by Crippen LogP contribution is -2.46. The maximum Gasteiger partial charge on any atom is 0.251 e. The summed E-state index contributed by atoms with van der Waals surface area (Å²) in [5, 5.41) is 5.81. The van der Waals surface area contributed by atoms with Crippen LogP contribution in [0.15, 0.2) is 60.9 Å². The molecule has 0 aliphatic rings. The molecule has 0 aliphatic heterocycles. The van der Waals surface area contributed by atoms with E-state index in [0.717, 1.165) is 16.9 Å². The number of nitrogens with one attached hydrogen (secondary N) is 2. The second-order valence-electron chi connectivity index (χ2n) is 9.13. The highest BCUT2D eigenvalue weighted by Gasteiger charge is 2.25. The normalized spacial score (nSPS) is 13.2. The summed E-state index contributed by atoms with van der Waals surface area (Å²) in [5.41, 5.74) is 2.51. The van der Waals surface area contributed by atoms with Gasteiger partial charge < -0.3 is 19.9 Å². The molecule has 0 saturated carbocycles. The number of rotatable bonds is 7. The number of methoxy groups -OCH3 is 1. The highest BCUT2D eigenvalue weighted by molar-refractivity contribution is 5.97. The maximum absolute atomic E-state index is 13.0. The van der Waals surface area contributed by atoms with Crippen molar-refractivity contribution < 1.29 is 14.3 Å². The largest absolute Gasteiger partial charge is 0.497 e. The number of carbonyl (C=O) groups excluding carboxylic acids is 2. The summed E-state index contributed by atoms with van der Waals surface area (Å²) in [4.78, 5) is 30.1. The van der Waals surface area contributed by atoms with Crippen LogP contribution >= 0.6 is 0 Å². The molecule has 174 valence electrons. The van der Waals surface area contributed by atoms with Crippen molar-refractivity contribution >= 4 is 11.8 Å². The van der Waals surface area contributed by atoms with E-state index in [1.807, 2.05) is 54.2 Å². The van der Waals surface area contributed by atoms with E-state index in [1.165, 1.54) is 0 Å². The van der Waals surface area contributed by atoms with Gasteiger partial charge in [0.1, 0.15) is 23.7 Å². The van der Waals surface area contributed by atoms with Crippen molar-refractivity contribution in [3.05, 3.63) is 83.4 Å². The molecule has 0 spiro atoms. The van der Waals surface area contributed by atoms with Gasteiger partial charge in [0.2, 0.25) is 5.91 Å². The van der Waals surface area contributed by atoms with Crippen LogP contribution in [0.2, 0.25) is 0 Å². The fraction of sp³-hybridized carbons (Fsp3) is 0.346. The van der Waals surface area contributed by atoms with Crippen LogP contribution in [0.25, 0.3) is 0 Å². The van der Waals surface area contributed by atoms with E-state index in [1.54, 1.807) is 32.4 Å². The fourth-order valence-electron chi connectivity index (χ4n) is 3.48. The molecule has 33 heavy (non-hydrogen) atoms. The Bertz CT molecular complexity index is 1100. The van der Waals surface area contributed by atoms with Gasteiger partial charge in [-0.1, -0.05) is 45.0 Å². The molecule has 1 heterocycles.